The Morgan fingerprint density at radius 2 is 1.77 bits per heavy atom. The second-order valence-electron chi connectivity index (χ2n) is 13.2. The highest BCUT2D eigenvalue weighted by molar-refractivity contribution is 8.14. The SMILES string of the molecule is CCCCCCCC[C@@H]1CC[C@@H]2[C@@H]3CC=C4C[C@@H](SC(=O)[C@H](Cl)CCC)CC[C@]4(C)[C@H]3CC[C@]12C. The van der Waals surface area contributed by atoms with Crippen molar-refractivity contribution >= 4 is 28.5 Å². The Morgan fingerprint density at radius 1 is 1.00 bits per heavy atom. The molecule has 8 atom stereocenters. The van der Waals surface area contributed by atoms with Gasteiger partial charge >= 0.3 is 0 Å². The van der Waals surface area contributed by atoms with Crippen molar-refractivity contribution in [2.45, 2.75) is 147 Å². The first-order valence-electron chi connectivity index (χ1n) is 15.4. The smallest absolute Gasteiger partial charge is 0.207 e. The molecule has 4 aliphatic carbocycles. The lowest BCUT2D eigenvalue weighted by molar-refractivity contribution is -0.110. The van der Waals surface area contributed by atoms with E-state index in [2.05, 4.69) is 33.8 Å². The quantitative estimate of drug-likeness (QED) is 0.153. The predicted molar refractivity (Wildman–Crippen MR) is 154 cm³/mol. The van der Waals surface area contributed by atoms with E-state index in [1.165, 1.54) is 89.9 Å². The average molecular weight is 521 g/mol. The minimum atomic E-state index is -0.300. The van der Waals surface area contributed by atoms with Crippen molar-refractivity contribution in [3.05, 3.63) is 11.6 Å². The van der Waals surface area contributed by atoms with Gasteiger partial charge in [0.2, 0.25) is 5.12 Å². The number of hydrogen-bond donors (Lipinski definition) is 0. The molecule has 0 aliphatic heterocycles. The summed E-state index contributed by atoms with van der Waals surface area (Å²) in [5.41, 5.74) is 2.67. The van der Waals surface area contributed by atoms with E-state index < -0.39 is 0 Å². The van der Waals surface area contributed by atoms with Gasteiger partial charge in [-0.3, -0.25) is 4.79 Å². The van der Waals surface area contributed by atoms with Crippen molar-refractivity contribution in [2.24, 2.45) is 34.5 Å². The number of allylic oxidation sites excluding steroid dienone is 2. The van der Waals surface area contributed by atoms with Crippen LogP contribution in [0.25, 0.3) is 0 Å². The summed E-state index contributed by atoms with van der Waals surface area (Å²) in [7, 11) is 0. The summed E-state index contributed by atoms with van der Waals surface area (Å²) >= 11 is 7.93. The molecule has 0 aromatic heterocycles. The second-order valence-corrected chi connectivity index (χ2v) is 15.0. The van der Waals surface area contributed by atoms with Gasteiger partial charge in [-0.05, 0) is 98.7 Å². The van der Waals surface area contributed by atoms with Crippen LogP contribution in [-0.2, 0) is 4.79 Å². The van der Waals surface area contributed by atoms with Crippen molar-refractivity contribution in [3.63, 3.8) is 0 Å². The monoisotopic (exact) mass is 520 g/mol. The molecule has 0 aromatic carbocycles. The summed E-state index contributed by atoms with van der Waals surface area (Å²) in [6, 6.07) is 0. The topological polar surface area (TPSA) is 17.1 Å². The van der Waals surface area contributed by atoms with Gasteiger partial charge in [-0.2, -0.15) is 0 Å². The van der Waals surface area contributed by atoms with Gasteiger partial charge in [-0.25, -0.2) is 0 Å². The summed E-state index contributed by atoms with van der Waals surface area (Å²) in [6.45, 7) is 9.72. The fourth-order valence-electron chi connectivity index (χ4n) is 9.09. The van der Waals surface area contributed by atoms with E-state index in [1.54, 1.807) is 17.3 Å². The third-order valence-electron chi connectivity index (χ3n) is 11.2. The molecule has 1 nitrogen and oxygen atoms in total. The van der Waals surface area contributed by atoms with Gasteiger partial charge in [0.15, 0.2) is 0 Å². The maximum absolute atomic E-state index is 12.6. The van der Waals surface area contributed by atoms with Gasteiger partial charge in [-0.1, -0.05) is 96.1 Å². The van der Waals surface area contributed by atoms with Crippen LogP contribution in [0.4, 0.5) is 0 Å². The number of fused-ring (bicyclic) bond motifs is 5. The lowest BCUT2D eigenvalue weighted by Crippen LogP contribution is -2.50. The zero-order chi connectivity index (χ0) is 25.1. The first-order valence-corrected chi connectivity index (χ1v) is 16.7. The highest BCUT2D eigenvalue weighted by Gasteiger charge is 2.58. The van der Waals surface area contributed by atoms with E-state index in [4.69, 9.17) is 11.6 Å². The number of carbonyl (C=O) groups is 1. The zero-order valence-corrected chi connectivity index (χ0v) is 24.8. The first kappa shape index (κ1) is 28.1. The fraction of sp³-hybridized carbons (Fsp3) is 0.906. The lowest BCUT2D eigenvalue weighted by atomic mass is 9.47. The van der Waals surface area contributed by atoms with E-state index in [1.807, 2.05) is 0 Å². The molecule has 0 bridgehead atoms. The predicted octanol–water partition coefficient (Wildman–Crippen LogP) is 10.4. The minimum absolute atomic E-state index is 0.215. The van der Waals surface area contributed by atoms with Crippen LogP contribution in [0.5, 0.6) is 0 Å². The Kier molecular flexibility index (Phi) is 9.84. The van der Waals surface area contributed by atoms with Crippen LogP contribution in [0.3, 0.4) is 0 Å². The number of rotatable bonds is 11. The molecule has 0 spiro atoms. The molecule has 4 rings (SSSR count). The van der Waals surface area contributed by atoms with Gasteiger partial charge in [0, 0.05) is 5.25 Å². The fourth-order valence-corrected chi connectivity index (χ4v) is 10.6. The molecule has 3 heteroatoms. The van der Waals surface area contributed by atoms with Crippen LogP contribution in [0.2, 0.25) is 0 Å². The second kappa shape index (κ2) is 12.3. The normalized spacial score (nSPS) is 39.3. The highest BCUT2D eigenvalue weighted by Crippen LogP contribution is 2.67. The maximum atomic E-state index is 12.6. The molecule has 0 unspecified atom stereocenters. The Hall–Kier alpha value is 0.0500. The molecule has 0 saturated heterocycles. The molecule has 35 heavy (non-hydrogen) atoms. The Morgan fingerprint density at radius 3 is 2.54 bits per heavy atom. The zero-order valence-electron chi connectivity index (χ0n) is 23.3. The summed E-state index contributed by atoms with van der Waals surface area (Å²) in [5.74, 6) is 3.69. The van der Waals surface area contributed by atoms with Crippen LogP contribution in [-0.4, -0.2) is 15.7 Å². The van der Waals surface area contributed by atoms with E-state index in [-0.39, 0.29) is 10.5 Å². The molecule has 200 valence electrons. The lowest BCUT2D eigenvalue weighted by Gasteiger charge is -2.58. The Labute approximate surface area is 226 Å². The largest absolute Gasteiger partial charge is 0.286 e. The van der Waals surface area contributed by atoms with Crippen molar-refractivity contribution in [3.8, 4) is 0 Å². The summed E-state index contributed by atoms with van der Waals surface area (Å²) in [6.07, 6.45) is 25.3. The summed E-state index contributed by atoms with van der Waals surface area (Å²) in [5, 5.41) is 0.358. The number of halogens is 1. The van der Waals surface area contributed by atoms with Crippen LogP contribution in [0.1, 0.15) is 137 Å². The third-order valence-corrected chi connectivity index (χ3v) is 13.0. The summed E-state index contributed by atoms with van der Waals surface area (Å²) < 4.78 is 0. The van der Waals surface area contributed by atoms with Crippen molar-refractivity contribution < 1.29 is 4.79 Å². The standard InChI is InChI=1S/C32H53ClOS/c1-5-7-8-9-10-11-13-23-15-17-27-26-16-14-24-22-25(35-30(34)29(33)12-6-2)18-20-32(24,4)28(26)19-21-31(23,27)3/h14,23,25-29H,5-13,15-22H2,1-4H3/t23-,25+,26+,27-,28+,29-,31-,32+/m1/s1. The average Bonchev–Trinajstić information content (AvgIpc) is 3.18. The Balaban J connectivity index is 1.36. The van der Waals surface area contributed by atoms with E-state index in [0.29, 0.717) is 16.1 Å². The van der Waals surface area contributed by atoms with Crippen LogP contribution < -0.4 is 0 Å². The van der Waals surface area contributed by atoms with Crippen LogP contribution >= 0.6 is 23.4 Å². The molecule has 0 amide bonds. The van der Waals surface area contributed by atoms with Crippen LogP contribution in [0, 0.1) is 34.5 Å². The van der Waals surface area contributed by atoms with E-state index >= 15 is 0 Å². The van der Waals surface area contributed by atoms with Crippen molar-refractivity contribution in [1.82, 2.24) is 0 Å². The maximum Gasteiger partial charge on any atom is 0.207 e. The Bertz CT molecular complexity index is 748. The van der Waals surface area contributed by atoms with Gasteiger partial charge in [0.25, 0.3) is 0 Å². The first-order chi connectivity index (χ1) is 16.8. The molecule has 3 fully saturated rings. The molecular weight excluding hydrogens is 468 g/mol. The number of hydrogen-bond acceptors (Lipinski definition) is 2. The van der Waals surface area contributed by atoms with Crippen LogP contribution in [0.15, 0.2) is 11.6 Å². The van der Waals surface area contributed by atoms with Gasteiger partial charge in [0.05, 0.1) is 0 Å². The van der Waals surface area contributed by atoms with Crippen molar-refractivity contribution in [2.75, 3.05) is 0 Å². The molecule has 0 radical (unpaired) electrons. The van der Waals surface area contributed by atoms with E-state index in [9.17, 15) is 4.79 Å². The molecular formula is C32H53ClOS. The van der Waals surface area contributed by atoms with Gasteiger partial charge < -0.3 is 0 Å². The molecule has 0 N–H and O–H groups in total. The number of carbonyl (C=O) groups excluding carboxylic acids is 1. The third kappa shape index (κ3) is 5.89. The molecule has 0 heterocycles. The molecule has 4 aliphatic rings. The van der Waals surface area contributed by atoms with Crippen molar-refractivity contribution in [1.29, 1.82) is 0 Å². The van der Waals surface area contributed by atoms with Gasteiger partial charge in [0.1, 0.15) is 5.38 Å². The molecule has 0 aromatic rings. The summed E-state index contributed by atoms with van der Waals surface area (Å²) in [4.78, 5) is 12.6. The van der Waals surface area contributed by atoms with E-state index in [0.717, 1.165) is 42.9 Å². The highest BCUT2D eigenvalue weighted by atomic mass is 35.5. The minimum Gasteiger partial charge on any atom is -0.286 e. The number of unbranched alkanes of at least 4 members (excludes halogenated alkanes) is 5. The molecule has 3 saturated carbocycles. The number of alkyl halides is 1. The number of thioether (sulfide) groups is 1. The van der Waals surface area contributed by atoms with Gasteiger partial charge in [-0.15, -0.1) is 11.6 Å².